The van der Waals surface area contributed by atoms with E-state index in [9.17, 15) is 13.2 Å². The Bertz CT molecular complexity index is 713. The van der Waals surface area contributed by atoms with Crippen LogP contribution in [-0.2, 0) is 21.1 Å². The maximum atomic E-state index is 12.8. The van der Waals surface area contributed by atoms with Gasteiger partial charge in [0.2, 0.25) is 0 Å². The fourth-order valence-electron chi connectivity index (χ4n) is 3.27. The van der Waals surface area contributed by atoms with Gasteiger partial charge in [0.15, 0.2) is 9.84 Å². The summed E-state index contributed by atoms with van der Waals surface area (Å²) in [6.07, 6.45) is 5.66. The molecular formula is C16H26N4O4S. The predicted molar refractivity (Wildman–Crippen MR) is 92.9 cm³/mol. The first-order valence-electron chi connectivity index (χ1n) is 8.72. The first kappa shape index (κ1) is 18.2. The molecule has 1 saturated heterocycles. The molecule has 2 heterocycles. The Morgan fingerprint density at radius 2 is 2.24 bits per heavy atom. The van der Waals surface area contributed by atoms with Gasteiger partial charge in [-0.25, -0.2) is 13.2 Å². The van der Waals surface area contributed by atoms with Crippen molar-refractivity contribution in [2.75, 3.05) is 31.8 Å². The smallest absolute Gasteiger partial charge is 0.318 e. The third-order valence-electron chi connectivity index (χ3n) is 4.90. The van der Waals surface area contributed by atoms with Crippen LogP contribution >= 0.6 is 0 Å². The Kier molecular flexibility index (Phi) is 5.33. The molecular weight excluding hydrogens is 344 g/mol. The number of nitrogens with zero attached hydrogens (tertiary/aromatic N) is 3. The Balaban J connectivity index is 1.77. The van der Waals surface area contributed by atoms with Gasteiger partial charge < -0.3 is 15.0 Å². The van der Waals surface area contributed by atoms with Gasteiger partial charge in [-0.05, 0) is 25.7 Å². The summed E-state index contributed by atoms with van der Waals surface area (Å²) in [5, 5.41) is 7.26. The molecule has 3 rings (SSSR count). The minimum absolute atomic E-state index is 0.00277. The number of sulfone groups is 1. The molecule has 0 radical (unpaired) electrons. The van der Waals surface area contributed by atoms with Crippen molar-refractivity contribution in [1.29, 1.82) is 0 Å². The van der Waals surface area contributed by atoms with Crippen LogP contribution in [0.2, 0.25) is 0 Å². The van der Waals surface area contributed by atoms with Gasteiger partial charge >= 0.3 is 6.03 Å². The van der Waals surface area contributed by atoms with Gasteiger partial charge in [0.1, 0.15) is 0 Å². The average Bonchev–Trinajstić information content (AvgIpc) is 3.30. The summed E-state index contributed by atoms with van der Waals surface area (Å²) < 4.78 is 31.2. The van der Waals surface area contributed by atoms with Gasteiger partial charge in [-0.3, -0.25) is 4.68 Å². The summed E-state index contributed by atoms with van der Waals surface area (Å²) in [7, 11) is -1.55. The van der Waals surface area contributed by atoms with Crippen molar-refractivity contribution >= 4 is 15.9 Å². The number of methoxy groups -OCH3 is 1. The van der Waals surface area contributed by atoms with E-state index < -0.39 is 15.9 Å². The van der Waals surface area contributed by atoms with E-state index in [1.807, 2.05) is 13.1 Å². The number of carbonyl (C=O) groups excluding carboxylic acids is 1. The van der Waals surface area contributed by atoms with Gasteiger partial charge in [0, 0.05) is 32.0 Å². The lowest BCUT2D eigenvalue weighted by Crippen LogP contribution is -2.53. The number of aromatic nitrogens is 2. The quantitative estimate of drug-likeness (QED) is 0.800. The molecule has 2 atom stereocenters. The van der Waals surface area contributed by atoms with Crippen molar-refractivity contribution in [3.05, 3.63) is 18.0 Å². The zero-order valence-electron chi connectivity index (χ0n) is 14.7. The molecule has 1 N–H and O–H groups in total. The van der Waals surface area contributed by atoms with Gasteiger partial charge in [-0.2, -0.15) is 5.10 Å². The van der Waals surface area contributed by atoms with Gasteiger partial charge in [0.25, 0.3) is 0 Å². The molecule has 8 nitrogen and oxygen atoms in total. The van der Waals surface area contributed by atoms with Crippen molar-refractivity contribution in [2.24, 2.45) is 5.92 Å². The number of carbonyl (C=O) groups is 1. The lowest BCUT2D eigenvalue weighted by molar-refractivity contribution is 0.141. The number of rotatable bonds is 6. The topological polar surface area (TPSA) is 93.5 Å². The van der Waals surface area contributed by atoms with Gasteiger partial charge in [-0.1, -0.05) is 0 Å². The lowest BCUT2D eigenvalue weighted by Gasteiger charge is -2.36. The molecule has 1 aliphatic carbocycles. The van der Waals surface area contributed by atoms with Gasteiger partial charge in [0.05, 0.1) is 36.4 Å². The molecule has 2 fully saturated rings. The van der Waals surface area contributed by atoms with Gasteiger partial charge in [-0.15, -0.1) is 0 Å². The van der Waals surface area contributed by atoms with E-state index in [0.29, 0.717) is 19.1 Å². The zero-order valence-corrected chi connectivity index (χ0v) is 15.5. The monoisotopic (exact) mass is 370 g/mol. The summed E-state index contributed by atoms with van der Waals surface area (Å²) in [5.74, 6) is 0.393. The second-order valence-electron chi connectivity index (χ2n) is 6.80. The lowest BCUT2D eigenvalue weighted by atomic mass is 10.1. The number of urea groups is 1. The third-order valence-corrected chi connectivity index (χ3v) is 6.53. The Morgan fingerprint density at radius 1 is 1.48 bits per heavy atom. The number of amides is 2. The molecule has 1 aromatic heterocycles. The highest BCUT2D eigenvalue weighted by atomic mass is 32.2. The van der Waals surface area contributed by atoms with Crippen molar-refractivity contribution < 1.29 is 17.9 Å². The van der Waals surface area contributed by atoms with Crippen LogP contribution < -0.4 is 5.32 Å². The summed E-state index contributed by atoms with van der Waals surface area (Å²) in [4.78, 5) is 14.5. The molecule has 9 heteroatoms. The summed E-state index contributed by atoms with van der Waals surface area (Å²) in [6.45, 7) is 3.33. The Hall–Kier alpha value is -1.61. The number of hydrogen-bond acceptors (Lipinski definition) is 5. The summed E-state index contributed by atoms with van der Waals surface area (Å²) >= 11 is 0. The van der Waals surface area contributed by atoms with Crippen LogP contribution in [0.25, 0.3) is 0 Å². The van der Waals surface area contributed by atoms with Crippen molar-refractivity contribution in [3.63, 3.8) is 0 Å². The van der Waals surface area contributed by atoms with Crippen LogP contribution in [0.5, 0.6) is 0 Å². The van der Waals surface area contributed by atoms with E-state index in [4.69, 9.17) is 4.74 Å². The van der Waals surface area contributed by atoms with E-state index in [0.717, 1.165) is 18.4 Å². The first-order valence-corrected chi connectivity index (χ1v) is 10.5. The van der Waals surface area contributed by atoms with Crippen molar-refractivity contribution in [2.45, 2.75) is 38.4 Å². The average molecular weight is 370 g/mol. The van der Waals surface area contributed by atoms with E-state index in [-0.39, 0.29) is 30.1 Å². The summed E-state index contributed by atoms with van der Waals surface area (Å²) in [6, 6.07) is -0.741. The van der Waals surface area contributed by atoms with E-state index in [2.05, 4.69) is 10.4 Å². The minimum Gasteiger partial charge on any atom is -0.383 e. The molecule has 0 spiro atoms. The maximum Gasteiger partial charge on any atom is 0.318 e. The Labute approximate surface area is 148 Å². The highest BCUT2D eigenvalue weighted by molar-refractivity contribution is 7.91. The molecule has 25 heavy (non-hydrogen) atoms. The molecule has 2 amide bonds. The standard InChI is InChI=1S/C16H26N4O4S/c1-3-19-9-13(8-17-19)15-11-25(22,23)7-6-20(15)16(21)18-14(10-24-2)12-4-5-12/h8-9,12,14-15H,3-7,10-11H2,1-2H3,(H,18,21)/t14-,15-/m0/s1. The summed E-state index contributed by atoms with van der Waals surface area (Å²) in [5.41, 5.74) is 0.759. The van der Waals surface area contributed by atoms with Crippen molar-refractivity contribution in [1.82, 2.24) is 20.0 Å². The number of nitrogens with one attached hydrogen (secondary N) is 1. The van der Waals surface area contributed by atoms with E-state index >= 15 is 0 Å². The molecule has 0 unspecified atom stereocenters. The molecule has 1 aromatic rings. The number of hydrogen-bond donors (Lipinski definition) is 1. The van der Waals surface area contributed by atoms with Crippen LogP contribution in [-0.4, -0.2) is 66.9 Å². The van der Waals surface area contributed by atoms with Crippen LogP contribution in [0.15, 0.2) is 12.4 Å². The van der Waals surface area contributed by atoms with Crippen molar-refractivity contribution in [3.8, 4) is 0 Å². The number of ether oxygens (including phenoxy) is 1. The largest absolute Gasteiger partial charge is 0.383 e. The highest BCUT2D eigenvalue weighted by Gasteiger charge is 2.38. The Morgan fingerprint density at radius 3 is 2.84 bits per heavy atom. The first-order chi connectivity index (χ1) is 11.9. The molecule has 0 bridgehead atoms. The predicted octanol–water partition coefficient (Wildman–Crippen LogP) is 0.809. The second-order valence-corrected chi connectivity index (χ2v) is 9.03. The van der Waals surface area contributed by atoms with E-state index in [1.54, 1.807) is 22.9 Å². The molecule has 2 aliphatic rings. The minimum atomic E-state index is -3.17. The molecule has 1 saturated carbocycles. The van der Waals surface area contributed by atoms with Crippen LogP contribution in [0.3, 0.4) is 0 Å². The maximum absolute atomic E-state index is 12.8. The van der Waals surface area contributed by atoms with Crippen LogP contribution in [0.1, 0.15) is 31.4 Å². The van der Waals surface area contributed by atoms with Crippen LogP contribution in [0.4, 0.5) is 4.79 Å². The normalized spacial score (nSPS) is 24.1. The molecule has 0 aromatic carbocycles. The molecule has 1 aliphatic heterocycles. The highest BCUT2D eigenvalue weighted by Crippen LogP contribution is 2.33. The fraction of sp³-hybridized carbons (Fsp3) is 0.750. The number of aryl methyl sites for hydroxylation is 1. The SMILES string of the molecule is CCn1cc([C@@H]2CS(=O)(=O)CCN2C(=O)N[C@@H](COC)C2CC2)cn1. The third kappa shape index (κ3) is 4.33. The fourth-order valence-corrected chi connectivity index (χ4v) is 4.76. The zero-order chi connectivity index (χ0) is 18.0. The second kappa shape index (κ2) is 7.33. The van der Waals surface area contributed by atoms with Crippen LogP contribution in [0, 0.1) is 5.92 Å². The molecule has 140 valence electrons. The van der Waals surface area contributed by atoms with E-state index in [1.165, 1.54) is 0 Å².